The molecule has 5 heteroatoms. The van der Waals surface area contributed by atoms with Crippen LogP contribution in [0.2, 0.25) is 0 Å². The molecule has 22 heavy (non-hydrogen) atoms. The third-order valence-corrected chi connectivity index (χ3v) is 3.50. The Morgan fingerprint density at radius 2 is 2.05 bits per heavy atom. The lowest BCUT2D eigenvalue weighted by atomic mass is 10.1. The molecule has 5 nitrogen and oxygen atoms in total. The van der Waals surface area contributed by atoms with Crippen LogP contribution >= 0.6 is 0 Å². The molecule has 2 rings (SSSR count). The van der Waals surface area contributed by atoms with Crippen LogP contribution in [0.3, 0.4) is 0 Å². The lowest BCUT2D eigenvalue weighted by molar-refractivity contribution is -0.137. The fourth-order valence-electron chi connectivity index (χ4n) is 2.36. The monoisotopic (exact) mass is 303 g/mol. The number of hydrogen-bond acceptors (Lipinski definition) is 3. The first-order valence-electron chi connectivity index (χ1n) is 7.54. The molecule has 0 radical (unpaired) electrons. The average Bonchev–Trinajstić information content (AvgIpc) is 2.98. The number of anilines is 1. The smallest absolute Gasteiger partial charge is 0.303 e. The Bertz CT molecular complexity index is 536. The molecule has 1 unspecified atom stereocenters. The Morgan fingerprint density at radius 3 is 2.68 bits per heavy atom. The highest BCUT2D eigenvalue weighted by Gasteiger charge is 2.13. The predicted octanol–water partition coefficient (Wildman–Crippen LogP) is 3.23. The fraction of sp³-hybridized carbons (Fsp3) is 0.412. The highest BCUT2D eigenvalue weighted by molar-refractivity contribution is 5.91. The van der Waals surface area contributed by atoms with Crippen molar-refractivity contribution in [3.05, 3.63) is 36.4 Å². The average molecular weight is 303 g/mol. The maximum Gasteiger partial charge on any atom is 0.303 e. The lowest BCUT2D eigenvalue weighted by Gasteiger charge is -2.10. The SMILES string of the molecule is O=C(O)CCCOc1ccc(NC(=O)CC2C=CCC2)cc1. The van der Waals surface area contributed by atoms with Crippen LogP contribution in [0, 0.1) is 5.92 Å². The number of nitrogens with one attached hydrogen (secondary N) is 1. The van der Waals surface area contributed by atoms with E-state index in [0.29, 0.717) is 31.1 Å². The van der Waals surface area contributed by atoms with Crippen molar-refractivity contribution < 1.29 is 19.4 Å². The topological polar surface area (TPSA) is 75.6 Å². The van der Waals surface area contributed by atoms with Gasteiger partial charge in [0.15, 0.2) is 0 Å². The first-order chi connectivity index (χ1) is 10.6. The minimum Gasteiger partial charge on any atom is -0.494 e. The van der Waals surface area contributed by atoms with Gasteiger partial charge in [0.05, 0.1) is 6.61 Å². The van der Waals surface area contributed by atoms with Gasteiger partial charge in [-0.1, -0.05) is 12.2 Å². The number of amides is 1. The molecule has 1 atom stereocenters. The number of benzene rings is 1. The van der Waals surface area contributed by atoms with E-state index >= 15 is 0 Å². The van der Waals surface area contributed by atoms with Crippen molar-refractivity contribution in [1.29, 1.82) is 0 Å². The van der Waals surface area contributed by atoms with Crippen LogP contribution in [-0.4, -0.2) is 23.6 Å². The summed E-state index contributed by atoms with van der Waals surface area (Å²) in [6.45, 7) is 0.367. The van der Waals surface area contributed by atoms with Crippen LogP contribution in [-0.2, 0) is 9.59 Å². The van der Waals surface area contributed by atoms with Crippen molar-refractivity contribution in [2.24, 2.45) is 5.92 Å². The second kappa shape index (κ2) is 8.22. The predicted molar refractivity (Wildman–Crippen MR) is 83.9 cm³/mol. The minimum absolute atomic E-state index is 0.0201. The molecular formula is C17H21NO4. The van der Waals surface area contributed by atoms with Gasteiger partial charge in [-0.2, -0.15) is 0 Å². The molecule has 0 aliphatic heterocycles. The molecule has 1 amide bonds. The van der Waals surface area contributed by atoms with Crippen LogP contribution in [0.5, 0.6) is 5.75 Å². The van der Waals surface area contributed by atoms with Crippen LogP contribution in [0.4, 0.5) is 5.69 Å². The number of rotatable bonds is 8. The van der Waals surface area contributed by atoms with Gasteiger partial charge in [-0.15, -0.1) is 0 Å². The number of ether oxygens (including phenoxy) is 1. The van der Waals surface area contributed by atoms with Crippen molar-refractivity contribution in [3.63, 3.8) is 0 Å². The van der Waals surface area contributed by atoms with Gasteiger partial charge in [0.25, 0.3) is 0 Å². The first-order valence-corrected chi connectivity index (χ1v) is 7.54. The van der Waals surface area contributed by atoms with E-state index in [9.17, 15) is 9.59 Å². The summed E-state index contributed by atoms with van der Waals surface area (Å²) in [6, 6.07) is 7.11. The van der Waals surface area contributed by atoms with Crippen molar-refractivity contribution in [3.8, 4) is 5.75 Å². The second-order valence-electron chi connectivity index (χ2n) is 5.39. The van der Waals surface area contributed by atoms with E-state index in [-0.39, 0.29) is 12.3 Å². The summed E-state index contributed by atoms with van der Waals surface area (Å²) in [5.41, 5.74) is 0.741. The van der Waals surface area contributed by atoms with Gasteiger partial charge < -0.3 is 15.2 Å². The van der Waals surface area contributed by atoms with Gasteiger partial charge in [0, 0.05) is 18.5 Å². The fourth-order valence-corrected chi connectivity index (χ4v) is 2.36. The molecule has 0 saturated heterocycles. The Hall–Kier alpha value is -2.30. The van der Waals surface area contributed by atoms with E-state index in [1.807, 2.05) is 0 Å². The zero-order valence-corrected chi connectivity index (χ0v) is 12.5. The quantitative estimate of drug-likeness (QED) is 0.571. The molecule has 0 aromatic heterocycles. The maximum atomic E-state index is 11.9. The Kier molecular flexibility index (Phi) is 6.01. The summed E-state index contributed by atoms with van der Waals surface area (Å²) >= 11 is 0. The van der Waals surface area contributed by atoms with Gasteiger partial charge in [-0.3, -0.25) is 9.59 Å². The number of allylic oxidation sites excluding steroid dienone is 2. The van der Waals surface area contributed by atoms with Gasteiger partial charge in [-0.25, -0.2) is 0 Å². The molecule has 0 fully saturated rings. The van der Waals surface area contributed by atoms with Crippen LogP contribution in [0.15, 0.2) is 36.4 Å². The summed E-state index contributed by atoms with van der Waals surface area (Å²) in [4.78, 5) is 22.3. The van der Waals surface area contributed by atoms with Crippen molar-refractivity contribution in [2.45, 2.75) is 32.1 Å². The molecule has 1 aliphatic rings. The third kappa shape index (κ3) is 5.60. The number of hydrogen-bond donors (Lipinski definition) is 2. The lowest BCUT2D eigenvalue weighted by Crippen LogP contribution is -2.14. The molecule has 0 bridgehead atoms. The number of carbonyl (C=O) groups is 2. The number of aliphatic carboxylic acids is 1. The number of carbonyl (C=O) groups excluding carboxylic acids is 1. The highest BCUT2D eigenvalue weighted by Crippen LogP contribution is 2.21. The molecule has 1 aliphatic carbocycles. The van der Waals surface area contributed by atoms with Crippen molar-refractivity contribution in [2.75, 3.05) is 11.9 Å². The number of carboxylic acid groups (broad SMARTS) is 1. The van der Waals surface area contributed by atoms with Gasteiger partial charge in [0.2, 0.25) is 5.91 Å². The third-order valence-electron chi connectivity index (χ3n) is 3.50. The largest absolute Gasteiger partial charge is 0.494 e. The molecule has 0 spiro atoms. The van der Waals surface area contributed by atoms with Gasteiger partial charge >= 0.3 is 5.97 Å². The summed E-state index contributed by atoms with van der Waals surface area (Å²) in [5.74, 6) is 0.226. The van der Waals surface area contributed by atoms with Crippen LogP contribution < -0.4 is 10.1 Å². The Morgan fingerprint density at radius 1 is 1.27 bits per heavy atom. The van der Waals surface area contributed by atoms with E-state index in [4.69, 9.17) is 9.84 Å². The molecule has 1 aromatic carbocycles. The van der Waals surface area contributed by atoms with E-state index < -0.39 is 5.97 Å². The maximum absolute atomic E-state index is 11.9. The van der Waals surface area contributed by atoms with E-state index in [1.165, 1.54) is 0 Å². The Balaban J connectivity index is 1.72. The molecule has 0 heterocycles. The van der Waals surface area contributed by atoms with Crippen molar-refractivity contribution in [1.82, 2.24) is 0 Å². The van der Waals surface area contributed by atoms with E-state index in [0.717, 1.165) is 18.5 Å². The molecule has 0 saturated carbocycles. The first kappa shape index (κ1) is 16.1. The van der Waals surface area contributed by atoms with Crippen molar-refractivity contribution >= 4 is 17.6 Å². The summed E-state index contributed by atoms with van der Waals surface area (Å²) < 4.78 is 5.44. The van der Waals surface area contributed by atoms with Crippen LogP contribution in [0.1, 0.15) is 32.1 Å². The molecule has 118 valence electrons. The molecule has 2 N–H and O–H groups in total. The summed E-state index contributed by atoms with van der Waals surface area (Å²) in [7, 11) is 0. The van der Waals surface area contributed by atoms with E-state index in [1.54, 1.807) is 24.3 Å². The Labute approximate surface area is 130 Å². The number of carboxylic acids is 1. The zero-order valence-electron chi connectivity index (χ0n) is 12.5. The standard InChI is InChI=1S/C17H21NO4/c19-16(12-13-4-1-2-5-13)18-14-7-9-15(10-8-14)22-11-3-6-17(20)21/h1,4,7-10,13H,2-3,5-6,11-12H2,(H,18,19)(H,20,21). The zero-order chi connectivity index (χ0) is 15.8. The second-order valence-corrected chi connectivity index (χ2v) is 5.39. The summed E-state index contributed by atoms with van der Waals surface area (Å²) in [6.07, 6.45) is 7.43. The molecule has 1 aromatic rings. The normalized spacial score (nSPS) is 16.5. The summed E-state index contributed by atoms with van der Waals surface area (Å²) in [5, 5.41) is 11.4. The minimum atomic E-state index is -0.821. The van der Waals surface area contributed by atoms with E-state index in [2.05, 4.69) is 17.5 Å². The van der Waals surface area contributed by atoms with Crippen LogP contribution in [0.25, 0.3) is 0 Å². The van der Waals surface area contributed by atoms with Gasteiger partial charge in [0.1, 0.15) is 5.75 Å². The molecular weight excluding hydrogens is 282 g/mol. The highest BCUT2D eigenvalue weighted by atomic mass is 16.5. The van der Waals surface area contributed by atoms with Gasteiger partial charge in [-0.05, 0) is 49.4 Å².